The van der Waals surface area contributed by atoms with Crippen molar-refractivity contribution in [3.8, 4) is 0 Å². The van der Waals surface area contributed by atoms with E-state index in [1.54, 1.807) is 5.57 Å². The highest BCUT2D eigenvalue weighted by Gasteiger charge is 2.56. The quantitative estimate of drug-likeness (QED) is 0.462. The molecule has 2 saturated carbocycles. The summed E-state index contributed by atoms with van der Waals surface area (Å²) in [5, 5.41) is 10.5. The normalized spacial score (nSPS) is 44.2. The molecule has 30 heavy (non-hydrogen) atoms. The van der Waals surface area contributed by atoms with E-state index in [1.165, 1.54) is 63.4 Å². The molecule has 0 aromatic heterocycles. The monoisotopic (exact) mass is 412 g/mol. The first-order chi connectivity index (χ1) is 14.1. The third-order valence-corrected chi connectivity index (χ3v) is 11.1. The van der Waals surface area contributed by atoms with Gasteiger partial charge in [0.05, 0.1) is 6.10 Å². The molecule has 0 radical (unpaired) electrons. The van der Waals surface area contributed by atoms with E-state index in [0.29, 0.717) is 22.7 Å². The molecule has 2 fully saturated rings. The van der Waals surface area contributed by atoms with Crippen LogP contribution in [-0.4, -0.2) is 11.2 Å². The number of rotatable bonds is 4. The molecule has 170 valence electrons. The van der Waals surface area contributed by atoms with E-state index in [-0.39, 0.29) is 6.10 Å². The van der Waals surface area contributed by atoms with Gasteiger partial charge in [0.25, 0.3) is 0 Å². The van der Waals surface area contributed by atoms with Gasteiger partial charge in [-0.15, -0.1) is 0 Å². The average molecular weight is 413 g/mol. The lowest BCUT2D eigenvalue weighted by molar-refractivity contribution is -0.0336. The van der Waals surface area contributed by atoms with Crippen LogP contribution in [0, 0.1) is 40.4 Å². The summed E-state index contributed by atoms with van der Waals surface area (Å²) in [5.41, 5.74) is 7.80. The van der Waals surface area contributed by atoms with Crippen molar-refractivity contribution in [2.45, 2.75) is 119 Å². The average Bonchev–Trinajstić information content (AvgIpc) is 3.06. The van der Waals surface area contributed by atoms with E-state index in [0.717, 1.165) is 24.2 Å². The fourth-order valence-electron chi connectivity index (χ4n) is 8.78. The van der Waals surface area contributed by atoms with Gasteiger partial charge in [0.2, 0.25) is 0 Å². The zero-order valence-electron chi connectivity index (χ0n) is 21.0. The molecule has 0 amide bonds. The molecule has 4 aliphatic carbocycles. The van der Waals surface area contributed by atoms with Gasteiger partial charge >= 0.3 is 0 Å². The topological polar surface area (TPSA) is 20.2 Å². The zero-order chi connectivity index (χ0) is 21.8. The van der Waals surface area contributed by atoms with Crippen LogP contribution >= 0.6 is 0 Å². The van der Waals surface area contributed by atoms with Crippen molar-refractivity contribution in [3.63, 3.8) is 0 Å². The molecule has 1 N–H and O–H groups in total. The van der Waals surface area contributed by atoms with Crippen LogP contribution in [0.5, 0.6) is 0 Å². The van der Waals surface area contributed by atoms with E-state index in [1.807, 2.05) is 11.1 Å². The summed E-state index contributed by atoms with van der Waals surface area (Å²) in [6, 6.07) is 0. The second-order valence-electron chi connectivity index (χ2n) is 12.6. The van der Waals surface area contributed by atoms with Gasteiger partial charge in [-0.1, -0.05) is 50.0 Å². The molecule has 0 aliphatic heterocycles. The number of aliphatic hydroxyl groups excluding tert-OH is 1. The minimum atomic E-state index is -0.0694. The number of hydrogen-bond acceptors (Lipinski definition) is 1. The van der Waals surface area contributed by atoms with E-state index in [9.17, 15) is 5.11 Å². The summed E-state index contributed by atoms with van der Waals surface area (Å²) in [5.74, 6) is 3.76. The molecule has 0 spiro atoms. The molecule has 0 aromatic rings. The Morgan fingerprint density at radius 2 is 1.77 bits per heavy atom. The van der Waals surface area contributed by atoms with Crippen LogP contribution in [0.2, 0.25) is 0 Å². The fraction of sp³-hybridized carbons (Fsp3) is 0.862. The summed E-state index contributed by atoms with van der Waals surface area (Å²) < 4.78 is 0. The highest BCUT2D eigenvalue weighted by molar-refractivity contribution is 5.34. The van der Waals surface area contributed by atoms with E-state index in [2.05, 4.69) is 48.5 Å². The fourth-order valence-corrected chi connectivity index (χ4v) is 8.78. The Labute approximate surface area is 186 Å². The Morgan fingerprint density at radius 1 is 1.03 bits per heavy atom. The smallest absolute Gasteiger partial charge is 0.0569 e. The largest absolute Gasteiger partial charge is 0.393 e. The van der Waals surface area contributed by atoms with Gasteiger partial charge in [0, 0.05) is 0 Å². The molecule has 1 nitrogen and oxygen atoms in total. The van der Waals surface area contributed by atoms with Crippen molar-refractivity contribution in [2.75, 3.05) is 0 Å². The molecule has 8 atom stereocenters. The minimum Gasteiger partial charge on any atom is -0.393 e. The van der Waals surface area contributed by atoms with Crippen LogP contribution in [0.3, 0.4) is 0 Å². The standard InChI is InChI=1S/C29H48O/c1-18(2)19(3)8-9-20(4)23-12-13-25-22-10-11-24-21(5)27(30)15-17-29(24,7)26(22)14-16-28(23,25)6/h20-21,23-25,27,30H,8-17H2,1-7H3/t20-,21+,23-,24?,25+,27?,28-,29+/m1/s1. The third kappa shape index (κ3) is 3.46. The molecule has 0 aromatic carbocycles. The van der Waals surface area contributed by atoms with Gasteiger partial charge in [0.15, 0.2) is 0 Å². The molecule has 0 bridgehead atoms. The molecule has 1 heteroatoms. The lowest BCUT2D eigenvalue weighted by Gasteiger charge is -2.56. The molecule has 4 rings (SSSR count). The zero-order valence-corrected chi connectivity index (χ0v) is 21.0. The number of aliphatic hydroxyl groups is 1. The van der Waals surface area contributed by atoms with Crippen LogP contribution in [0.1, 0.15) is 113 Å². The maximum atomic E-state index is 10.5. The summed E-state index contributed by atoms with van der Waals surface area (Å²) in [6.07, 6.45) is 13.1. The van der Waals surface area contributed by atoms with E-state index < -0.39 is 0 Å². The highest BCUT2D eigenvalue weighted by atomic mass is 16.3. The molecule has 4 aliphatic rings. The summed E-state index contributed by atoms with van der Waals surface area (Å²) in [4.78, 5) is 0. The van der Waals surface area contributed by atoms with E-state index >= 15 is 0 Å². The Balaban J connectivity index is 1.56. The molecular formula is C29H48O. The summed E-state index contributed by atoms with van der Waals surface area (Å²) >= 11 is 0. The van der Waals surface area contributed by atoms with Crippen molar-refractivity contribution in [1.82, 2.24) is 0 Å². The van der Waals surface area contributed by atoms with Gasteiger partial charge in [-0.3, -0.25) is 0 Å². The lowest BCUT2D eigenvalue weighted by atomic mass is 9.49. The molecule has 2 unspecified atom stereocenters. The van der Waals surface area contributed by atoms with E-state index in [4.69, 9.17) is 0 Å². The van der Waals surface area contributed by atoms with Gasteiger partial charge in [0.1, 0.15) is 0 Å². The Hall–Kier alpha value is -0.560. The SMILES string of the molecule is CC(C)=C(C)CC[C@@H](C)[C@H]1CC[C@H]2C3=C(CC[C@]12C)[C@@]1(C)CCC(O)[C@@H](C)C1CC3. The number of hydrogen-bond donors (Lipinski definition) is 1. The van der Waals surface area contributed by atoms with Crippen LogP contribution in [0.25, 0.3) is 0 Å². The van der Waals surface area contributed by atoms with Crippen molar-refractivity contribution in [1.29, 1.82) is 0 Å². The number of fused-ring (bicyclic) bond motifs is 4. The first kappa shape index (κ1) is 22.6. The van der Waals surface area contributed by atoms with Crippen molar-refractivity contribution >= 4 is 0 Å². The van der Waals surface area contributed by atoms with Crippen LogP contribution in [0.15, 0.2) is 22.3 Å². The maximum Gasteiger partial charge on any atom is 0.0569 e. The second kappa shape index (κ2) is 8.09. The highest BCUT2D eigenvalue weighted by Crippen LogP contribution is 2.66. The Morgan fingerprint density at radius 3 is 2.47 bits per heavy atom. The Bertz CT molecular complexity index is 725. The van der Waals surface area contributed by atoms with Crippen LogP contribution in [-0.2, 0) is 0 Å². The second-order valence-corrected chi connectivity index (χ2v) is 12.6. The third-order valence-electron chi connectivity index (χ3n) is 11.1. The Kier molecular flexibility index (Phi) is 6.10. The molecule has 0 heterocycles. The maximum absolute atomic E-state index is 10.5. The number of allylic oxidation sites excluding steroid dienone is 4. The van der Waals surface area contributed by atoms with Gasteiger partial charge in [-0.2, -0.15) is 0 Å². The van der Waals surface area contributed by atoms with Gasteiger partial charge in [-0.05, 0) is 125 Å². The summed E-state index contributed by atoms with van der Waals surface area (Å²) in [7, 11) is 0. The predicted molar refractivity (Wildman–Crippen MR) is 128 cm³/mol. The van der Waals surface area contributed by atoms with Crippen molar-refractivity contribution in [3.05, 3.63) is 22.3 Å². The molecular weight excluding hydrogens is 364 g/mol. The first-order valence-corrected chi connectivity index (χ1v) is 13.1. The van der Waals surface area contributed by atoms with Gasteiger partial charge in [-0.25, -0.2) is 0 Å². The van der Waals surface area contributed by atoms with Crippen molar-refractivity contribution in [2.24, 2.45) is 40.4 Å². The minimum absolute atomic E-state index is 0.0694. The van der Waals surface area contributed by atoms with Gasteiger partial charge < -0.3 is 5.11 Å². The molecule has 0 saturated heterocycles. The van der Waals surface area contributed by atoms with Crippen molar-refractivity contribution < 1.29 is 5.11 Å². The van der Waals surface area contributed by atoms with Crippen LogP contribution < -0.4 is 0 Å². The van der Waals surface area contributed by atoms with Crippen LogP contribution in [0.4, 0.5) is 0 Å². The first-order valence-electron chi connectivity index (χ1n) is 13.1. The summed E-state index contributed by atoms with van der Waals surface area (Å²) in [6.45, 7) is 17.0. The lowest BCUT2D eigenvalue weighted by Crippen LogP contribution is -2.49. The predicted octanol–water partition coefficient (Wildman–Crippen LogP) is 8.09.